The summed E-state index contributed by atoms with van der Waals surface area (Å²) < 4.78 is 10.7. The Labute approximate surface area is 100 Å². The van der Waals surface area contributed by atoms with E-state index < -0.39 is 12.1 Å². The van der Waals surface area contributed by atoms with Crippen LogP contribution in [0.2, 0.25) is 0 Å². The Morgan fingerprint density at radius 3 is 2.65 bits per heavy atom. The molecule has 92 valence electrons. The van der Waals surface area contributed by atoms with Crippen molar-refractivity contribution in [2.45, 2.75) is 25.9 Å². The van der Waals surface area contributed by atoms with Crippen LogP contribution in [0.4, 0.5) is 0 Å². The molecule has 1 aliphatic carbocycles. The minimum atomic E-state index is -0.907. The molecule has 0 aliphatic heterocycles. The standard InChI is InChI=1S/C13H16O4/c1-8-3-6-10(11(7-8)16-2)17-12(13(14)15)9-4-5-9/h3,6-7,9,12H,4-5H2,1-2H3,(H,14,15). The van der Waals surface area contributed by atoms with Gasteiger partial charge in [0.1, 0.15) is 0 Å². The number of methoxy groups -OCH3 is 1. The van der Waals surface area contributed by atoms with Gasteiger partial charge in [-0.3, -0.25) is 0 Å². The molecule has 0 aromatic heterocycles. The molecule has 1 unspecified atom stereocenters. The van der Waals surface area contributed by atoms with Crippen molar-refractivity contribution in [3.05, 3.63) is 23.8 Å². The molecule has 0 radical (unpaired) electrons. The predicted octanol–water partition coefficient (Wildman–Crippen LogP) is 2.25. The summed E-state index contributed by atoms with van der Waals surface area (Å²) in [6.45, 7) is 1.95. The van der Waals surface area contributed by atoms with E-state index in [0.717, 1.165) is 18.4 Å². The maximum atomic E-state index is 11.1. The predicted molar refractivity (Wildman–Crippen MR) is 62.5 cm³/mol. The van der Waals surface area contributed by atoms with Crippen LogP contribution in [-0.4, -0.2) is 24.3 Å². The Hall–Kier alpha value is -1.71. The van der Waals surface area contributed by atoms with E-state index in [1.807, 2.05) is 19.1 Å². The fourth-order valence-electron chi connectivity index (χ4n) is 1.76. The van der Waals surface area contributed by atoms with Gasteiger partial charge in [0.2, 0.25) is 0 Å². The van der Waals surface area contributed by atoms with E-state index in [1.165, 1.54) is 0 Å². The van der Waals surface area contributed by atoms with E-state index in [-0.39, 0.29) is 5.92 Å². The van der Waals surface area contributed by atoms with Gasteiger partial charge in [-0.2, -0.15) is 0 Å². The van der Waals surface area contributed by atoms with E-state index >= 15 is 0 Å². The van der Waals surface area contributed by atoms with Gasteiger partial charge in [-0.25, -0.2) is 4.79 Å². The Bertz CT molecular complexity index is 423. The third-order valence-corrected chi connectivity index (χ3v) is 2.87. The number of carboxylic acid groups (broad SMARTS) is 1. The molecule has 1 aliphatic rings. The largest absolute Gasteiger partial charge is 0.493 e. The van der Waals surface area contributed by atoms with Gasteiger partial charge >= 0.3 is 5.97 Å². The molecule has 1 fully saturated rings. The lowest BCUT2D eigenvalue weighted by Crippen LogP contribution is -2.29. The average molecular weight is 236 g/mol. The highest BCUT2D eigenvalue weighted by molar-refractivity contribution is 5.73. The number of aryl methyl sites for hydroxylation is 1. The van der Waals surface area contributed by atoms with Gasteiger partial charge in [-0.05, 0) is 37.5 Å². The number of carboxylic acids is 1. The van der Waals surface area contributed by atoms with Crippen LogP contribution in [0.1, 0.15) is 18.4 Å². The second-order valence-corrected chi connectivity index (χ2v) is 4.37. The van der Waals surface area contributed by atoms with Crippen molar-refractivity contribution in [2.75, 3.05) is 7.11 Å². The minimum Gasteiger partial charge on any atom is -0.493 e. The summed E-state index contributed by atoms with van der Waals surface area (Å²) in [6, 6.07) is 5.47. The minimum absolute atomic E-state index is 0.138. The second-order valence-electron chi connectivity index (χ2n) is 4.37. The Balaban J connectivity index is 2.18. The molecule has 0 spiro atoms. The lowest BCUT2D eigenvalue weighted by Gasteiger charge is -2.16. The van der Waals surface area contributed by atoms with E-state index in [2.05, 4.69) is 0 Å². The van der Waals surface area contributed by atoms with Crippen LogP contribution in [0, 0.1) is 12.8 Å². The summed E-state index contributed by atoms with van der Waals surface area (Å²) in [4.78, 5) is 11.1. The Kier molecular flexibility index (Phi) is 3.22. The van der Waals surface area contributed by atoms with Gasteiger partial charge in [0.25, 0.3) is 0 Å². The topological polar surface area (TPSA) is 55.8 Å². The zero-order chi connectivity index (χ0) is 12.4. The molecule has 1 aromatic carbocycles. The molecule has 0 bridgehead atoms. The lowest BCUT2D eigenvalue weighted by atomic mass is 10.2. The fraction of sp³-hybridized carbons (Fsp3) is 0.462. The van der Waals surface area contributed by atoms with Gasteiger partial charge in [-0.1, -0.05) is 6.07 Å². The van der Waals surface area contributed by atoms with Crippen molar-refractivity contribution in [1.82, 2.24) is 0 Å². The average Bonchev–Trinajstić information content (AvgIpc) is 3.10. The molecule has 0 heterocycles. The van der Waals surface area contributed by atoms with Crippen LogP contribution in [0.3, 0.4) is 0 Å². The van der Waals surface area contributed by atoms with Crippen molar-refractivity contribution in [3.8, 4) is 11.5 Å². The van der Waals surface area contributed by atoms with E-state index in [9.17, 15) is 4.79 Å². The Morgan fingerprint density at radius 2 is 2.12 bits per heavy atom. The normalized spacial score (nSPS) is 16.4. The molecule has 2 rings (SSSR count). The second kappa shape index (κ2) is 4.65. The van der Waals surface area contributed by atoms with Crippen LogP contribution in [0.25, 0.3) is 0 Å². The molecular formula is C13H16O4. The van der Waals surface area contributed by atoms with Crippen LogP contribution in [0.15, 0.2) is 18.2 Å². The van der Waals surface area contributed by atoms with Gasteiger partial charge in [0.15, 0.2) is 17.6 Å². The van der Waals surface area contributed by atoms with E-state index in [4.69, 9.17) is 14.6 Å². The molecule has 4 nitrogen and oxygen atoms in total. The SMILES string of the molecule is COc1cc(C)ccc1OC(C(=O)O)C1CC1. The highest BCUT2D eigenvalue weighted by Gasteiger charge is 2.38. The smallest absolute Gasteiger partial charge is 0.345 e. The number of carbonyl (C=O) groups is 1. The summed E-state index contributed by atoms with van der Waals surface area (Å²) in [5.74, 6) is 0.308. The molecule has 17 heavy (non-hydrogen) atoms. The monoisotopic (exact) mass is 236 g/mol. The molecular weight excluding hydrogens is 220 g/mol. The first-order valence-corrected chi connectivity index (χ1v) is 5.66. The molecule has 0 saturated heterocycles. The molecule has 0 amide bonds. The maximum Gasteiger partial charge on any atom is 0.345 e. The summed E-state index contributed by atoms with van der Waals surface area (Å²) in [5.41, 5.74) is 1.05. The van der Waals surface area contributed by atoms with Gasteiger partial charge < -0.3 is 14.6 Å². The van der Waals surface area contributed by atoms with Crippen LogP contribution in [0.5, 0.6) is 11.5 Å². The van der Waals surface area contributed by atoms with Crippen molar-refractivity contribution >= 4 is 5.97 Å². The first kappa shape index (κ1) is 11.8. The maximum absolute atomic E-state index is 11.1. The highest BCUT2D eigenvalue weighted by atomic mass is 16.5. The molecule has 4 heteroatoms. The van der Waals surface area contributed by atoms with E-state index in [0.29, 0.717) is 11.5 Å². The zero-order valence-electron chi connectivity index (χ0n) is 9.97. The summed E-state index contributed by atoms with van der Waals surface area (Å²) in [7, 11) is 1.55. The van der Waals surface area contributed by atoms with Crippen LogP contribution >= 0.6 is 0 Å². The lowest BCUT2D eigenvalue weighted by molar-refractivity contribution is -0.146. The number of hydrogen-bond acceptors (Lipinski definition) is 3. The van der Waals surface area contributed by atoms with Crippen molar-refractivity contribution in [3.63, 3.8) is 0 Å². The quantitative estimate of drug-likeness (QED) is 0.851. The first-order chi connectivity index (χ1) is 8.11. The van der Waals surface area contributed by atoms with Gasteiger partial charge in [-0.15, -0.1) is 0 Å². The number of ether oxygens (including phenoxy) is 2. The third kappa shape index (κ3) is 2.70. The van der Waals surface area contributed by atoms with Crippen molar-refractivity contribution in [2.24, 2.45) is 5.92 Å². The van der Waals surface area contributed by atoms with Crippen molar-refractivity contribution < 1.29 is 19.4 Å². The number of aliphatic carboxylic acids is 1. The third-order valence-electron chi connectivity index (χ3n) is 2.87. The molecule has 1 saturated carbocycles. The first-order valence-electron chi connectivity index (χ1n) is 5.66. The zero-order valence-corrected chi connectivity index (χ0v) is 9.97. The number of benzene rings is 1. The number of hydrogen-bond donors (Lipinski definition) is 1. The molecule has 1 aromatic rings. The van der Waals surface area contributed by atoms with E-state index in [1.54, 1.807) is 13.2 Å². The van der Waals surface area contributed by atoms with Crippen LogP contribution < -0.4 is 9.47 Å². The van der Waals surface area contributed by atoms with Gasteiger partial charge in [0, 0.05) is 5.92 Å². The highest BCUT2D eigenvalue weighted by Crippen LogP contribution is 2.37. The van der Waals surface area contributed by atoms with Crippen LogP contribution in [-0.2, 0) is 4.79 Å². The Morgan fingerprint density at radius 1 is 1.41 bits per heavy atom. The summed E-state index contributed by atoms with van der Waals surface area (Å²) in [6.07, 6.45) is 1.09. The summed E-state index contributed by atoms with van der Waals surface area (Å²) in [5, 5.41) is 9.10. The summed E-state index contributed by atoms with van der Waals surface area (Å²) >= 11 is 0. The fourth-order valence-corrected chi connectivity index (χ4v) is 1.76. The molecule has 1 N–H and O–H groups in total. The van der Waals surface area contributed by atoms with Crippen molar-refractivity contribution in [1.29, 1.82) is 0 Å². The molecule has 1 atom stereocenters. The van der Waals surface area contributed by atoms with Gasteiger partial charge in [0.05, 0.1) is 7.11 Å². The number of rotatable bonds is 5.